The van der Waals surface area contributed by atoms with E-state index in [1.54, 1.807) is 18.4 Å². The summed E-state index contributed by atoms with van der Waals surface area (Å²) < 4.78 is 7.38. The van der Waals surface area contributed by atoms with Crippen LogP contribution < -0.4 is 10.1 Å². The maximum atomic E-state index is 6.44. The Morgan fingerprint density at radius 2 is 2.10 bits per heavy atom. The van der Waals surface area contributed by atoms with Crippen LogP contribution in [0.15, 0.2) is 32.5 Å². The summed E-state index contributed by atoms with van der Waals surface area (Å²) >= 11 is 15.2. The summed E-state index contributed by atoms with van der Waals surface area (Å²) in [5.41, 5.74) is 1.06. The molecule has 6 heteroatoms. The van der Waals surface area contributed by atoms with Gasteiger partial charge in [0, 0.05) is 14.4 Å². The second-order valence-electron chi connectivity index (χ2n) is 4.54. The van der Waals surface area contributed by atoms with E-state index in [9.17, 15) is 0 Å². The van der Waals surface area contributed by atoms with Crippen LogP contribution in [0.25, 0.3) is 0 Å². The largest absolute Gasteiger partial charge is 0.497 e. The first-order valence-electron chi connectivity index (χ1n) is 6.58. The SMILES string of the molecule is CCCNC(c1cc(Br)c(Br)s1)c1ccc(OC)cc1Cl. The Kier molecular flexibility index (Phi) is 6.56. The number of nitrogens with one attached hydrogen (secondary N) is 1. The van der Waals surface area contributed by atoms with Crippen LogP contribution >= 0.6 is 54.8 Å². The van der Waals surface area contributed by atoms with Gasteiger partial charge in [-0.15, -0.1) is 11.3 Å². The predicted molar refractivity (Wildman–Crippen MR) is 97.9 cm³/mol. The number of thiophene rings is 1. The number of ether oxygens (including phenoxy) is 1. The molecule has 114 valence electrons. The van der Waals surface area contributed by atoms with Gasteiger partial charge in [-0.1, -0.05) is 24.6 Å². The Bertz CT molecular complexity index is 598. The Hall–Kier alpha value is -0.0700. The minimum Gasteiger partial charge on any atom is -0.497 e. The highest BCUT2D eigenvalue weighted by molar-refractivity contribution is 9.13. The van der Waals surface area contributed by atoms with Crippen molar-refractivity contribution in [1.29, 1.82) is 0 Å². The third-order valence-electron chi connectivity index (χ3n) is 3.07. The van der Waals surface area contributed by atoms with Crippen LogP contribution in [-0.4, -0.2) is 13.7 Å². The van der Waals surface area contributed by atoms with Crippen molar-refractivity contribution in [3.8, 4) is 5.75 Å². The normalized spacial score (nSPS) is 12.4. The van der Waals surface area contributed by atoms with E-state index in [2.05, 4.69) is 50.2 Å². The van der Waals surface area contributed by atoms with Crippen molar-refractivity contribution < 1.29 is 4.74 Å². The molecule has 1 N–H and O–H groups in total. The van der Waals surface area contributed by atoms with E-state index in [-0.39, 0.29) is 6.04 Å². The lowest BCUT2D eigenvalue weighted by Gasteiger charge is -2.19. The molecule has 0 amide bonds. The lowest BCUT2D eigenvalue weighted by molar-refractivity contribution is 0.414. The standard InChI is InChI=1S/C15H16Br2ClNOS/c1-3-6-19-14(13-8-11(16)15(17)21-13)10-5-4-9(20-2)7-12(10)18/h4-5,7-8,14,19H,3,6H2,1-2H3. The molecule has 0 spiro atoms. The first-order chi connectivity index (χ1) is 10.1. The van der Waals surface area contributed by atoms with Gasteiger partial charge in [0.25, 0.3) is 0 Å². The topological polar surface area (TPSA) is 21.3 Å². The molecule has 1 atom stereocenters. The van der Waals surface area contributed by atoms with Crippen LogP contribution in [0.4, 0.5) is 0 Å². The number of hydrogen-bond acceptors (Lipinski definition) is 3. The summed E-state index contributed by atoms with van der Waals surface area (Å²) in [5.74, 6) is 0.770. The van der Waals surface area contributed by atoms with Crippen molar-refractivity contribution in [2.75, 3.05) is 13.7 Å². The Labute approximate surface area is 151 Å². The van der Waals surface area contributed by atoms with Crippen LogP contribution in [0.2, 0.25) is 5.02 Å². The zero-order chi connectivity index (χ0) is 15.4. The fourth-order valence-electron chi connectivity index (χ4n) is 2.03. The highest BCUT2D eigenvalue weighted by Crippen LogP contribution is 2.39. The first-order valence-corrected chi connectivity index (χ1v) is 9.36. The third kappa shape index (κ3) is 4.23. The van der Waals surface area contributed by atoms with E-state index in [1.807, 2.05) is 18.2 Å². The number of halogens is 3. The number of rotatable bonds is 6. The predicted octanol–water partition coefficient (Wildman–Crippen LogP) is 6.02. The van der Waals surface area contributed by atoms with Crippen molar-refractivity contribution in [2.24, 2.45) is 0 Å². The van der Waals surface area contributed by atoms with Crippen LogP contribution in [0, 0.1) is 0 Å². The average molecular weight is 454 g/mol. The van der Waals surface area contributed by atoms with Crippen molar-refractivity contribution in [3.63, 3.8) is 0 Å². The maximum absolute atomic E-state index is 6.44. The average Bonchev–Trinajstić information content (AvgIpc) is 2.80. The highest BCUT2D eigenvalue weighted by atomic mass is 79.9. The molecule has 1 aromatic carbocycles. The Morgan fingerprint density at radius 1 is 1.33 bits per heavy atom. The van der Waals surface area contributed by atoms with Gasteiger partial charge in [-0.3, -0.25) is 0 Å². The quantitative estimate of drug-likeness (QED) is 0.577. The molecular weight excluding hydrogens is 437 g/mol. The molecule has 1 aromatic heterocycles. The fraction of sp³-hybridized carbons (Fsp3) is 0.333. The van der Waals surface area contributed by atoms with Gasteiger partial charge >= 0.3 is 0 Å². The molecule has 1 unspecified atom stereocenters. The number of methoxy groups -OCH3 is 1. The second-order valence-corrected chi connectivity index (χ2v) is 8.21. The third-order valence-corrected chi connectivity index (χ3v) is 6.71. The van der Waals surface area contributed by atoms with Crippen LogP contribution in [0.1, 0.15) is 29.8 Å². The van der Waals surface area contributed by atoms with Crippen LogP contribution in [0.3, 0.4) is 0 Å². The molecular formula is C15H16Br2ClNOS. The molecule has 0 aliphatic carbocycles. The van der Waals surface area contributed by atoms with Gasteiger partial charge in [0.2, 0.25) is 0 Å². The Balaban J connectivity index is 2.40. The molecule has 21 heavy (non-hydrogen) atoms. The van der Waals surface area contributed by atoms with Gasteiger partial charge in [-0.25, -0.2) is 0 Å². The van der Waals surface area contributed by atoms with Crippen molar-refractivity contribution in [3.05, 3.63) is 48.0 Å². The molecule has 1 heterocycles. The van der Waals surface area contributed by atoms with Gasteiger partial charge in [-0.05, 0) is 68.6 Å². The van der Waals surface area contributed by atoms with Crippen LogP contribution in [0.5, 0.6) is 5.75 Å². The number of benzene rings is 1. The van der Waals surface area contributed by atoms with E-state index in [1.165, 1.54) is 4.88 Å². The second kappa shape index (κ2) is 7.97. The van der Waals surface area contributed by atoms with E-state index in [4.69, 9.17) is 16.3 Å². The van der Waals surface area contributed by atoms with E-state index < -0.39 is 0 Å². The summed E-state index contributed by atoms with van der Waals surface area (Å²) in [7, 11) is 1.64. The molecule has 0 fully saturated rings. The summed E-state index contributed by atoms with van der Waals surface area (Å²) in [5, 5.41) is 4.28. The molecule has 0 saturated heterocycles. The van der Waals surface area contributed by atoms with Crippen molar-refractivity contribution in [1.82, 2.24) is 5.32 Å². The molecule has 0 aliphatic heterocycles. The lowest BCUT2D eigenvalue weighted by Crippen LogP contribution is -2.22. The Morgan fingerprint density at radius 3 is 2.62 bits per heavy atom. The van der Waals surface area contributed by atoms with E-state index >= 15 is 0 Å². The van der Waals surface area contributed by atoms with Gasteiger partial charge in [0.05, 0.1) is 16.9 Å². The molecule has 2 rings (SSSR count). The zero-order valence-corrected chi connectivity index (χ0v) is 16.5. The summed E-state index contributed by atoms with van der Waals surface area (Å²) in [4.78, 5) is 1.22. The van der Waals surface area contributed by atoms with Crippen molar-refractivity contribution >= 4 is 54.8 Å². The van der Waals surface area contributed by atoms with Gasteiger partial charge in [0.15, 0.2) is 0 Å². The maximum Gasteiger partial charge on any atom is 0.120 e. The van der Waals surface area contributed by atoms with Crippen LogP contribution in [-0.2, 0) is 0 Å². The molecule has 0 saturated carbocycles. The summed E-state index contributed by atoms with van der Waals surface area (Å²) in [6.07, 6.45) is 1.07. The monoisotopic (exact) mass is 451 g/mol. The van der Waals surface area contributed by atoms with Crippen molar-refractivity contribution in [2.45, 2.75) is 19.4 Å². The van der Waals surface area contributed by atoms with Gasteiger partial charge in [0.1, 0.15) is 5.75 Å². The smallest absolute Gasteiger partial charge is 0.120 e. The molecule has 2 nitrogen and oxygen atoms in total. The zero-order valence-electron chi connectivity index (χ0n) is 11.8. The van der Waals surface area contributed by atoms with Gasteiger partial charge < -0.3 is 10.1 Å². The first kappa shape index (κ1) is 17.3. The lowest BCUT2D eigenvalue weighted by atomic mass is 10.0. The summed E-state index contributed by atoms with van der Waals surface area (Å²) in [6, 6.07) is 8.03. The molecule has 2 aromatic rings. The molecule has 0 bridgehead atoms. The van der Waals surface area contributed by atoms with E-state index in [0.29, 0.717) is 5.02 Å². The van der Waals surface area contributed by atoms with Gasteiger partial charge in [-0.2, -0.15) is 0 Å². The minimum absolute atomic E-state index is 0.0796. The molecule has 0 radical (unpaired) electrons. The van der Waals surface area contributed by atoms with E-state index in [0.717, 1.165) is 32.5 Å². The minimum atomic E-state index is 0.0796. The fourth-order valence-corrected chi connectivity index (χ4v) is 4.49. The highest BCUT2D eigenvalue weighted by Gasteiger charge is 2.20. The molecule has 0 aliphatic rings. The summed E-state index contributed by atoms with van der Waals surface area (Å²) in [6.45, 7) is 3.08. The number of hydrogen-bond donors (Lipinski definition) is 1.